The summed E-state index contributed by atoms with van der Waals surface area (Å²) in [5, 5.41) is 3.39. The molecule has 0 amide bonds. The van der Waals surface area contributed by atoms with Crippen LogP contribution in [-0.4, -0.2) is 16.5 Å². The minimum atomic E-state index is -0.0342. The van der Waals surface area contributed by atoms with E-state index in [9.17, 15) is 4.79 Å². The van der Waals surface area contributed by atoms with Gasteiger partial charge in [0.25, 0.3) is 5.56 Å². The van der Waals surface area contributed by atoms with Gasteiger partial charge in [-0.05, 0) is 41.4 Å². The van der Waals surface area contributed by atoms with E-state index in [0.717, 1.165) is 28.1 Å². The van der Waals surface area contributed by atoms with E-state index in [2.05, 4.69) is 31.2 Å². The quantitative estimate of drug-likeness (QED) is 0.850. The fraction of sp³-hybridized carbons (Fsp3) is 0.455. The molecule has 1 saturated heterocycles. The molecule has 1 fully saturated rings. The third-order valence-corrected chi connectivity index (χ3v) is 4.64. The summed E-state index contributed by atoms with van der Waals surface area (Å²) in [5.74, 6) is 0.771. The van der Waals surface area contributed by atoms with Gasteiger partial charge in [0.05, 0.1) is 15.3 Å². The van der Waals surface area contributed by atoms with Crippen molar-refractivity contribution in [1.82, 2.24) is 15.3 Å². The van der Waals surface area contributed by atoms with Gasteiger partial charge in [-0.15, -0.1) is 11.3 Å². The summed E-state index contributed by atoms with van der Waals surface area (Å²) >= 11 is 4.81. The van der Waals surface area contributed by atoms with Crippen LogP contribution in [-0.2, 0) is 0 Å². The predicted molar refractivity (Wildman–Crippen MR) is 72.5 cm³/mol. The molecule has 1 aliphatic rings. The van der Waals surface area contributed by atoms with Crippen molar-refractivity contribution in [3.8, 4) is 0 Å². The van der Waals surface area contributed by atoms with Gasteiger partial charge >= 0.3 is 0 Å². The summed E-state index contributed by atoms with van der Waals surface area (Å²) in [6.45, 7) is 1.000. The minimum Gasteiger partial charge on any atom is -0.308 e. The Labute approximate surface area is 111 Å². The van der Waals surface area contributed by atoms with Crippen LogP contribution in [0.15, 0.2) is 14.6 Å². The van der Waals surface area contributed by atoms with E-state index in [1.807, 2.05) is 6.07 Å². The van der Waals surface area contributed by atoms with Crippen LogP contribution >= 0.6 is 27.3 Å². The molecule has 4 nitrogen and oxygen atoms in total. The second-order valence-corrected chi connectivity index (χ2v) is 6.65. The first-order valence-electron chi connectivity index (χ1n) is 5.67. The Morgan fingerprint density at radius 3 is 3.12 bits per heavy atom. The standard InChI is InChI=1S/C11H12BrN3OS/c12-8-5-7-9(17-8)11(16)15-10(14-7)6-3-1-2-4-13-6/h5-6,13H,1-4H2,(H,14,15,16)/t6-/m0/s1. The molecule has 0 aliphatic carbocycles. The van der Waals surface area contributed by atoms with Crippen LogP contribution in [0, 0.1) is 0 Å². The number of nitrogens with one attached hydrogen (secondary N) is 2. The smallest absolute Gasteiger partial charge is 0.268 e. The van der Waals surface area contributed by atoms with Crippen molar-refractivity contribution in [1.29, 1.82) is 0 Å². The van der Waals surface area contributed by atoms with Gasteiger partial charge in [-0.2, -0.15) is 0 Å². The SMILES string of the molecule is O=c1[nH]c([C@@H]2CCCCN2)nc2cc(Br)sc12. The van der Waals surface area contributed by atoms with Crippen molar-refractivity contribution in [3.05, 3.63) is 26.0 Å². The lowest BCUT2D eigenvalue weighted by molar-refractivity contribution is 0.397. The Balaban J connectivity index is 2.08. The number of aromatic amines is 1. The highest BCUT2D eigenvalue weighted by Gasteiger charge is 2.18. The van der Waals surface area contributed by atoms with E-state index in [0.29, 0.717) is 4.70 Å². The van der Waals surface area contributed by atoms with Crippen LogP contribution in [0.1, 0.15) is 31.1 Å². The molecule has 2 N–H and O–H groups in total. The lowest BCUT2D eigenvalue weighted by Crippen LogP contribution is -2.29. The largest absolute Gasteiger partial charge is 0.308 e. The first-order chi connectivity index (χ1) is 8.24. The minimum absolute atomic E-state index is 0.0342. The van der Waals surface area contributed by atoms with E-state index in [4.69, 9.17) is 0 Å². The van der Waals surface area contributed by atoms with Crippen LogP contribution in [0.4, 0.5) is 0 Å². The molecule has 0 spiro atoms. The zero-order chi connectivity index (χ0) is 11.8. The summed E-state index contributed by atoms with van der Waals surface area (Å²) in [4.78, 5) is 19.4. The number of hydrogen-bond donors (Lipinski definition) is 2. The highest BCUT2D eigenvalue weighted by molar-refractivity contribution is 9.11. The molecule has 1 aliphatic heterocycles. The van der Waals surface area contributed by atoms with Gasteiger partial charge in [-0.1, -0.05) is 6.42 Å². The maximum Gasteiger partial charge on any atom is 0.268 e. The number of H-pyrrole nitrogens is 1. The molecule has 1 atom stereocenters. The van der Waals surface area contributed by atoms with E-state index < -0.39 is 0 Å². The molecule has 0 aromatic carbocycles. The number of thiophene rings is 1. The maximum atomic E-state index is 11.9. The predicted octanol–water partition coefficient (Wildman–Crippen LogP) is 2.56. The topological polar surface area (TPSA) is 57.8 Å². The number of piperidine rings is 1. The van der Waals surface area contributed by atoms with Crippen molar-refractivity contribution >= 4 is 37.5 Å². The molecule has 0 unspecified atom stereocenters. The van der Waals surface area contributed by atoms with E-state index in [1.165, 1.54) is 24.2 Å². The highest BCUT2D eigenvalue weighted by Crippen LogP contribution is 2.27. The Kier molecular flexibility index (Phi) is 3.02. The molecule has 0 saturated carbocycles. The van der Waals surface area contributed by atoms with Crippen LogP contribution in [0.3, 0.4) is 0 Å². The van der Waals surface area contributed by atoms with E-state index in [1.54, 1.807) is 0 Å². The molecule has 6 heteroatoms. The lowest BCUT2D eigenvalue weighted by atomic mass is 10.0. The van der Waals surface area contributed by atoms with Crippen molar-refractivity contribution in [2.24, 2.45) is 0 Å². The zero-order valence-electron chi connectivity index (χ0n) is 9.12. The third-order valence-electron chi connectivity index (χ3n) is 3.01. The Bertz CT molecular complexity index is 600. The number of fused-ring (bicyclic) bond motifs is 1. The monoisotopic (exact) mass is 313 g/mol. The number of nitrogens with zero attached hydrogens (tertiary/aromatic N) is 1. The number of halogens is 1. The normalized spacial score (nSPS) is 20.9. The van der Waals surface area contributed by atoms with E-state index >= 15 is 0 Å². The van der Waals surface area contributed by atoms with Gasteiger partial charge in [0.15, 0.2) is 0 Å². The third kappa shape index (κ3) is 2.17. The number of rotatable bonds is 1. The molecule has 2 aromatic rings. The van der Waals surface area contributed by atoms with Gasteiger partial charge in [-0.25, -0.2) is 4.98 Å². The van der Waals surface area contributed by atoms with Gasteiger partial charge in [0.2, 0.25) is 0 Å². The van der Waals surface area contributed by atoms with Crippen molar-refractivity contribution in [3.63, 3.8) is 0 Å². The number of aromatic nitrogens is 2. The fourth-order valence-electron chi connectivity index (χ4n) is 2.18. The Morgan fingerprint density at radius 1 is 1.47 bits per heavy atom. The van der Waals surface area contributed by atoms with Crippen LogP contribution < -0.4 is 10.9 Å². The molecule has 90 valence electrons. The first kappa shape index (κ1) is 11.4. The molecular formula is C11H12BrN3OS. The highest BCUT2D eigenvalue weighted by atomic mass is 79.9. The van der Waals surface area contributed by atoms with E-state index in [-0.39, 0.29) is 11.6 Å². The lowest BCUT2D eigenvalue weighted by Gasteiger charge is -2.22. The summed E-state index contributed by atoms with van der Waals surface area (Å²) in [6.07, 6.45) is 3.43. The van der Waals surface area contributed by atoms with Crippen molar-refractivity contribution < 1.29 is 0 Å². The van der Waals surface area contributed by atoms with Gasteiger partial charge in [0, 0.05) is 0 Å². The molecule has 17 heavy (non-hydrogen) atoms. The van der Waals surface area contributed by atoms with Crippen molar-refractivity contribution in [2.75, 3.05) is 6.54 Å². The summed E-state index contributed by atoms with van der Waals surface area (Å²) < 4.78 is 1.63. The average molecular weight is 314 g/mol. The van der Waals surface area contributed by atoms with Crippen LogP contribution in [0.5, 0.6) is 0 Å². The maximum absolute atomic E-state index is 11.9. The summed E-state index contributed by atoms with van der Waals surface area (Å²) in [6, 6.07) is 2.10. The Morgan fingerprint density at radius 2 is 2.35 bits per heavy atom. The molecule has 3 heterocycles. The summed E-state index contributed by atoms with van der Waals surface area (Å²) in [7, 11) is 0. The number of hydrogen-bond acceptors (Lipinski definition) is 4. The van der Waals surface area contributed by atoms with Gasteiger partial charge in [-0.3, -0.25) is 4.79 Å². The Hall–Kier alpha value is -0.720. The molecule has 0 radical (unpaired) electrons. The van der Waals surface area contributed by atoms with Crippen LogP contribution in [0.25, 0.3) is 10.2 Å². The second kappa shape index (κ2) is 4.51. The fourth-order valence-corrected chi connectivity index (χ4v) is 3.60. The molecular weight excluding hydrogens is 302 g/mol. The van der Waals surface area contributed by atoms with Crippen LogP contribution in [0.2, 0.25) is 0 Å². The second-order valence-electron chi connectivity index (χ2n) is 4.22. The summed E-state index contributed by atoms with van der Waals surface area (Å²) in [5.41, 5.74) is 0.751. The zero-order valence-corrected chi connectivity index (χ0v) is 11.5. The van der Waals surface area contributed by atoms with Gasteiger partial charge in [0.1, 0.15) is 10.5 Å². The average Bonchev–Trinajstić information content (AvgIpc) is 2.71. The molecule has 0 bridgehead atoms. The first-order valence-corrected chi connectivity index (χ1v) is 7.27. The molecule has 2 aromatic heterocycles. The van der Waals surface area contributed by atoms with Crippen molar-refractivity contribution in [2.45, 2.75) is 25.3 Å². The van der Waals surface area contributed by atoms with Gasteiger partial charge < -0.3 is 10.3 Å². The molecule has 3 rings (SSSR count).